The molecule has 0 bridgehead atoms. The summed E-state index contributed by atoms with van der Waals surface area (Å²) in [4.78, 5) is 7.90. The quantitative estimate of drug-likeness (QED) is 0.703. The first kappa shape index (κ1) is 11.5. The van der Waals surface area contributed by atoms with E-state index in [2.05, 4.69) is 20.2 Å². The van der Waals surface area contributed by atoms with E-state index in [1.54, 1.807) is 0 Å². The molecule has 0 aliphatic rings. The van der Waals surface area contributed by atoms with Crippen LogP contribution in [-0.2, 0) is 0 Å². The number of nitrogens with zero attached hydrogens (tertiary/aromatic N) is 3. The molecule has 19 heavy (non-hydrogen) atoms. The number of fused-ring (bicyclic) bond motifs is 1. The van der Waals surface area contributed by atoms with Gasteiger partial charge in [0.15, 0.2) is 17.3 Å². The Bertz CT molecular complexity index is 781. The maximum absolute atomic E-state index is 14.0. The van der Waals surface area contributed by atoms with E-state index in [1.165, 1.54) is 25.3 Å². The molecule has 3 aromatic rings. The molecule has 0 saturated heterocycles. The van der Waals surface area contributed by atoms with Crippen LogP contribution in [-0.4, -0.2) is 20.2 Å². The summed E-state index contributed by atoms with van der Waals surface area (Å²) in [6.07, 6.45) is 1.45. The molecule has 0 amide bonds. The largest absolute Gasteiger partial charge is 0.368 e. The number of anilines is 1. The summed E-state index contributed by atoms with van der Waals surface area (Å²) < 4.78 is 27.6. The van der Waals surface area contributed by atoms with Crippen molar-refractivity contribution in [3.05, 3.63) is 35.5 Å². The SMILES string of the molecule is Cc1ccc(-c2nc(N)nc3[nH]ncc23)c(F)c1F. The lowest BCUT2D eigenvalue weighted by molar-refractivity contribution is 0.505. The number of hydrogen-bond donors (Lipinski definition) is 2. The number of rotatable bonds is 1. The average molecular weight is 261 g/mol. The summed E-state index contributed by atoms with van der Waals surface area (Å²) in [6.45, 7) is 1.49. The molecule has 2 aromatic heterocycles. The number of halogens is 2. The molecule has 5 nitrogen and oxygen atoms in total. The Morgan fingerprint density at radius 3 is 2.74 bits per heavy atom. The molecule has 0 aliphatic carbocycles. The highest BCUT2D eigenvalue weighted by molar-refractivity contribution is 5.90. The van der Waals surface area contributed by atoms with Gasteiger partial charge in [-0.15, -0.1) is 0 Å². The van der Waals surface area contributed by atoms with Gasteiger partial charge in [0.05, 0.1) is 17.3 Å². The predicted octanol–water partition coefficient (Wildman–Crippen LogP) is 2.19. The van der Waals surface area contributed by atoms with Crippen molar-refractivity contribution in [3.63, 3.8) is 0 Å². The molecule has 7 heteroatoms. The lowest BCUT2D eigenvalue weighted by atomic mass is 10.1. The van der Waals surface area contributed by atoms with Crippen LogP contribution in [0, 0.1) is 18.6 Å². The van der Waals surface area contributed by atoms with Crippen LogP contribution in [0.2, 0.25) is 0 Å². The van der Waals surface area contributed by atoms with Gasteiger partial charge < -0.3 is 5.73 Å². The van der Waals surface area contributed by atoms with Crippen LogP contribution >= 0.6 is 0 Å². The highest BCUT2D eigenvalue weighted by atomic mass is 19.2. The Balaban J connectivity index is 2.36. The second-order valence-electron chi connectivity index (χ2n) is 4.12. The van der Waals surface area contributed by atoms with E-state index in [4.69, 9.17) is 5.73 Å². The van der Waals surface area contributed by atoms with Crippen molar-refractivity contribution in [2.24, 2.45) is 0 Å². The summed E-state index contributed by atoms with van der Waals surface area (Å²) in [5.74, 6) is -1.89. The van der Waals surface area contributed by atoms with E-state index in [1.807, 2.05) is 0 Å². The third kappa shape index (κ3) is 1.70. The van der Waals surface area contributed by atoms with Gasteiger partial charge in [0.25, 0.3) is 0 Å². The standard InChI is InChI=1S/C12H9F2N5/c1-5-2-3-6(9(14)8(5)13)10-7-4-16-19-11(7)18-12(15)17-10/h2-4H,1H3,(H3,15,16,17,18,19). The van der Waals surface area contributed by atoms with Gasteiger partial charge in [-0.2, -0.15) is 10.1 Å². The van der Waals surface area contributed by atoms with Crippen LogP contribution in [0.5, 0.6) is 0 Å². The summed E-state index contributed by atoms with van der Waals surface area (Å²) >= 11 is 0. The molecular weight excluding hydrogens is 252 g/mol. The van der Waals surface area contributed by atoms with E-state index in [0.29, 0.717) is 11.0 Å². The molecule has 0 aliphatic heterocycles. The van der Waals surface area contributed by atoms with Crippen molar-refractivity contribution >= 4 is 17.0 Å². The summed E-state index contributed by atoms with van der Waals surface area (Å²) in [5.41, 5.74) is 6.41. The molecule has 0 radical (unpaired) electrons. The predicted molar refractivity (Wildman–Crippen MR) is 66.2 cm³/mol. The van der Waals surface area contributed by atoms with Crippen LogP contribution in [0.25, 0.3) is 22.3 Å². The number of aromatic amines is 1. The number of nitrogen functional groups attached to an aromatic ring is 1. The van der Waals surface area contributed by atoms with Crippen LogP contribution in [0.3, 0.4) is 0 Å². The van der Waals surface area contributed by atoms with Crippen molar-refractivity contribution in [3.8, 4) is 11.3 Å². The van der Waals surface area contributed by atoms with E-state index < -0.39 is 11.6 Å². The highest BCUT2D eigenvalue weighted by Crippen LogP contribution is 2.29. The normalized spacial score (nSPS) is 11.1. The minimum atomic E-state index is -0.958. The number of aryl methyl sites for hydroxylation is 1. The van der Waals surface area contributed by atoms with Gasteiger partial charge in [-0.25, -0.2) is 13.8 Å². The second-order valence-corrected chi connectivity index (χ2v) is 4.12. The zero-order valence-corrected chi connectivity index (χ0v) is 9.91. The maximum atomic E-state index is 14.0. The first-order chi connectivity index (χ1) is 9.08. The van der Waals surface area contributed by atoms with E-state index in [9.17, 15) is 8.78 Å². The first-order valence-electron chi connectivity index (χ1n) is 5.49. The van der Waals surface area contributed by atoms with Crippen molar-refractivity contribution in [1.82, 2.24) is 20.2 Å². The van der Waals surface area contributed by atoms with Crippen LogP contribution in [0.4, 0.5) is 14.7 Å². The fourth-order valence-corrected chi connectivity index (χ4v) is 1.89. The number of H-pyrrole nitrogens is 1. The van der Waals surface area contributed by atoms with Crippen molar-refractivity contribution in [1.29, 1.82) is 0 Å². The van der Waals surface area contributed by atoms with Gasteiger partial charge in [-0.05, 0) is 18.6 Å². The smallest absolute Gasteiger partial charge is 0.222 e. The molecule has 3 rings (SSSR count). The Hall–Kier alpha value is -2.57. The topological polar surface area (TPSA) is 80.5 Å². The maximum Gasteiger partial charge on any atom is 0.222 e. The summed E-state index contributed by atoms with van der Waals surface area (Å²) in [7, 11) is 0. The van der Waals surface area contributed by atoms with Crippen molar-refractivity contribution in [2.75, 3.05) is 5.73 Å². The molecule has 0 atom stereocenters. The third-order valence-corrected chi connectivity index (χ3v) is 2.86. The monoisotopic (exact) mass is 261 g/mol. The van der Waals surface area contributed by atoms with E-state index in [0.717, 1.165) is 0 Å². The second kappa shape index (κ2) is 3.98. The summed E-state index contributed by atoms with van der Waals surface area (Å²) in [5, 5.41) is 6.90. The molecule has 0 unspecified atom stereocenters. The van der Waals surface area contributed by atoms with E-state index >= 15 is 0 Å². The molecule has 2 heterocycles. The van der Waals surface area contributed by atoms with Crippen molar-refractivity contribution in [2.45, 2.75) is 6.92 Å². The average Bonchev–Trinajstić information content (AvgIpc) is 2.83. The zero-order valence-electron chi connectivity index (χ0n) is 9.91. The number of nitrogens with two attached hydrogens (primary N) is 1. The number of nitrogens with one attached hydrogen (secondary N) is 1. The third-order valence-electron chi connectivity index (χ3n) is 2.86. The van der Waals surface area contributed by atoms with Gasteiger partial charge in [-0.3, -0.25) is 5.10 Å². The lowest BCUT2D eigenvalue weighted by Gasteiger charge is -2.07. The number of benzene rings is 1. The van der Waals surface area contributed by atoms with Gasteiger partial charge in [-0.1, -0.05) is 6.07 Å². The molecule has 0 fully saturated rings. The van der Waals surface area contributed by atoms with Crippen LogP contribution in [0.1, 0.15) is 5.56 Å². The van der Waals surface area contributed by atoms with E-state index in [-0.39, 0.29) is 22.8 Å². The minimum Gasteiger partial charge on any atom is -0.368 e. The van der Waals surface area contributed by atoms with Crippen molar-refractivity contribution < 1.29 is 8.78 Å². The molecular formula is C12H9F2N5. The molecule has 96 valence electrons. The van der Waals surface area contributed by atoms with Crippen LogP contribution < -0.4 is 5.73 Å². The Morgan fingerprint density at radius 2 is 1.95 bits per heavy atom. The lowest BCUT2D eigenvalue weighted by Crippen LogP contribution is -2.00. The molecule has 0 saturated carbocycles. The molecule has 1 aromatic carbocycles. The first-order valence-corrected chi connectivity index (χ1v) is 5.49. The van der Waals surface area contributed by atoms with Gasteiger partial charge in [0.2, 0.25) is 5.95 Å². The summed E-state index contributed by atoms with van der Waals surface area (Å²) in [6, 6.07) is 2.94. The Morgan fingerprint density at radius 1 is 1.16 bits per heavy atom. The molecule has 0 spiro atoms. The van der Waals surface area contributed by atoms with Crippen LogP contribution in [0.15, 0.2) is 18.3 Å². The van der Waals surface area contributed by atoms with Gasteiger partial charge >= 0.3 is 0 Å². The molecule has 3 N–H and O–H groups in total. The van der Waals surface area contributed by atoms with Gasteiger partial charge in [0.1, 0.15) is 0 Å². The van der Waals surface area contributed by atoms with Gasteiger partial charge in [0, 0.05) is 5.56 Å². The fourth-order valence-electron chi connectivity index (χ4n) is 1.89. The Kier molecular flexibility index (Phi) is 2.41. The minimum absolute atomic E-state index is 0.0311. The Labute approximate surface area is 106 Å². The number of aromatic nitrogens is 4. The zero-order chi connectivity index (χ0) is 13.6. The fraction of sp³-hybridized carbons (Fsp3) is 0.0833. The highest BCUT2D eigenvalue weighted by Gasteiger charge is 2.17. The number of hydrogen-bond acceptors (Lipinski definition) is 4.